The van der Waals surface area contributed by atoms with Crippen molar-refractivity contribution >= 4 is 0 Å². The quantitative estimate of drug-likeness (QED) is 0.794. The maximum Gasteiger partial charge on any atom is 0.0507 e. The summed E-state index contributed by atoms with van der Waals surface area (Å²) in [5, 5.41) is 3.74. The van der Waals surface area contributed by atoms with Crippen molar-refractivity contribution in [1.29, 1.82) is 0 Å². The van der Waals surface area contributed by atoms with E-state index in [1.165, 1.54) is 38.6 Å². The summed E-state index contributed by atoms with van der Waals surface area (Å²) in [7, 11) is 0. The predicted molar refractivity (Wildman–Crippen MR) is 67.5 cm³/mol. The Kier molecular flexibility index (Phi) is 4.66. The highest BCUT2D eigenvalue weighted by Gasteiger charge is 2.24. The zero-order chi connectivity index (χ0) is 11.4. The zero-order valence-corrected chi connectivity index (χ0v) is 10.9. The monoisotopic (exact) mass is 225 g/mol. The maximum absolute atomic E-state index is 5.41. The molecule has 0 aromatic rings. The summed E-state index contributed by atoms with van der Waals surface area (Å²) in [5.74, 6) is 2.64. The molecule has 2 aliphatic rings. The van der Waals surface area contributed by atoms with Gasteiger partial charge in [0.1, 0.15) is 0 Å². The summed E-state index contributed by atoms with van der Waals surface area (Å²) in [6.45, 7) is 7.88. The summed E-state index contributed by atoms with van der Waals surface area (Å²) < 4.78 is 5.41. The molecule has 0 amide bonds. The van der Waals surface area contributed by atoms with E-state index in [9.17, 15) is 0 Å². The standard InChI is InChI=1S/C14H27NO/c1-11(2)13-3-5-14(6-4-13)15-9-12-7-8-16-10-12/h11-15H,3-10H2,1-2H3. The second-order valence-corrected chi connectivity index (χ2v) is 5.99. The van der Waals surface area contributed by atoms with Crippen LogP contribution in [-0.4, -0.2) is 25.8 Å². The molecule has 1 aliphatic carbocycles. The van der Waals surface area contributed by atoms with Crippen molar-refractivity contribution in [1.82, 2.24) is 5.32 Å². The minimum Gasteiger partial charge on any atom is -0.381 e. The number of hydrogen-bond acceptors (Lipinski definition) is 2. The molecule has 1 aliphatic heterocycles. The van der Waals surface area contributed by atoms with Crippen molar-refractivity contribution in [2.45, 2.75) is 52.0 Å². The first-order valence-corrected chi connectivity index (χ1v) is 7.07. The van der Waals surface area contributed by atoms with Crippen LogP contribution in [-0.2, 0) is 4.74 Å². The van der Waals surface area contributed by atoms with Gasteiger partial charge in [0.25, 0.3) is 0 Å². The van der Waals surface area contributed by atoms with E-state index >= 15 is 0 Å². The van der Waals surface area contributed by atoms with Gasteiger partial charge in [0.05, 0.1) is 6.61 Å². The Morgan fingerprint density at radius 1 is 1.12 bits per heavy atom. The van der Waals surface area contributed by atoms with Crippen LogP contribution in [0.5, 0.6) is 0 Å². The average Bonchev–Trinajstić information content (AvgIpc) is 2.80. The molecule has 2 rings (SSSR count). The number of hydrogen-bond donors (Lipinski definition) is 1. The van der Waals surface area contributed by atoms with Crippen LogP contribution in [0.2, 0.25) is 0 Å². The number of nitrogens with one attached hydrogen (secondary N) is 1. The van der Waals surface area contributed by atoms with Crippen molar-refractivity contribution < 1.29 is 4.74 Å². The van der Waals surface area contributed by atoms with Gasteiger partial charge < -0.3 is 10.1 Å². The molecule has 1 saturated heterocycles. The molecular formula is C14H27NO. The number of ether oxygens (including phenoxy) is 1. The smallest absolute Gasteiger partial charge is 0.0507 e. The van der Waals surface area contributed by atoms with Crippen LogP contribution in [0, 0.1) is 17.8 Å². The molecule has 1 atom stereocenters. The highest BCUT2D eigenvalue weighted by molar-refractivity contribution is 4.80. The first kappa shape index (κ1) is 12.4. The topological polar surface area (TPSA) is 21.3 Å². The fourth-order valence-corrected chi connectivity index (χ4v) is 3.07. The molecule has 0 aromatic heterocycles. The van der Waals surface area contributed by atoms with Gasteiger partial charge in [-0.25, -0.2) is 0 Å². The third-order valence-corrected chi connectivity index (χ3v) is 4.43. The molecular weight excluding hydrogens is 198 g/mol. The molecule has 0 spiro atoms. The molecule has 1 unspecified atom stereocenters. The lowest BCUT2D eigenvalue weighted by atomic mass is 9.79. The minimum atomic E-state index is 0.780. The minimum absolute atomic E-state index is 0.780. The van der Waals surface area contributed by atoms with E-state index in [0.717, 1.165) is 37.0 Å². The van der Waals surface area contributed by atoms with Crippen molar-refractivity contribution in [2.24, 2.45) is 17.8 Å². The highest BCUT2D eigenvalue weighted by atomic mass is 16.5. The SMILES string of the molecule is CC(C)C1CCC(NCC2CCOC2)CC1. The molecule has 2 nitrogen and oxygen atoms in total. The molecule has 1 heterocycles. The lowest BCUT2D eigenvalue weighted by Gasteiger charge is -2.31. The largest absolute Gasteiger partial charge is 0.381 e. The van der Waals surface area contributed by atoms with E-state index in [0.29, 0.717) is 0 Å². The fraction of sp³-hybridized carbons (Fsp3) is 1.00. The van der Waals surface area contributed by atoms with Gasteiger partial charge in [-0.05, 0) is 49.9 Å². The molecule has 2 heteroatoms. The lowest BCUT2D eigenvalue weighted by molar-refractivity contribution is 0.181. The van der Waals surface area contributed by atoms with Gasteiger partial charge in [0.2, 0.25) is 0 Å². The van der Waals surface area contributed by atoms with Crippen LogP contribution in [0.15, 0.2) is 0 Å². The van der Waals surface area contributed by atoms with E-state index in [2.05, 4.69) is 19.2 Å². The molecule has 1 N–H and O–H groups in total. The van der Waals surface area contributed by atoms with Crippen LogP contribution in [0.1, 0.15) is 46.0 Å². The van der Waals surface area contributed by atoms with Crippen LogP contribution < -0.4 is 5.32 Å². The second-order valence-electron chi connectivity index (χ2n) is 5.99. The van der Waals surface area contributed by atoms with E-state index in [1.54, 1.807) is 0 Å². The first-order valence-electron chi connectivity index (χ1n) is 7.07. The van der Waals surface area contributed by atoms with Gasteiger partial charge in [-0.1, -0.05) is 13.8 Å². The van der Waals surface area contributed by atoms with Crippen molar-refractivity contribution in [3.63, 3.8) is 0 Å². The van der Waals surface area contributed by atoms with Gasteiger partial charge >= 0.3 is 0 Å². The van der Waals surface area contributed by atoms with Crippen LogP contribution >= 0.6 is 0 Å². The predicted octanol–water partition coefficient (Wildman–Crippen LogP) is 2.83. The summed E-state index contributed by atoms with van der Waals surface area (Å²) in [6, 6.07) is 0.788. The van der Waals surface area contributed by atoms with Gasteiger partial charge in [-0.2, -0.15) is 0 Å². The molecule has 94 valence electrons. The highest BCUT2D eigenvalue weighted by Crippen LogP contribution is 2.29. The normalized spacial score (nSPS) is 35.8. The van der Waals surface area contributed by atoms with E-state index in [4.69, 9.17) is 4.74 Å². The Labute approximate surface area is 100 Å². The molecule has 16 heavy (non-hydrogen) atoms. The molecule has 0 radical (unpaired) electrons. The Balaban J connectivity index is 1.61. The number of rotatable bonds is 4. The van der Waals surface area contributed by atoms with Gasteiger partial charge in [0, 0.05) is 19.2 Å². The lowest BCUT2D eigenvalue weighted by Crippen LogP contribution is -2.37. The third-order valence-electron chi connectivity index (χ3n) is 4.43. The van der Waals surface area contributed by atoms with Crippen molar-refractivity contribution in [3.8, 4) is 0 Å². The van der Waals surface area contributed by atoms with E-state index in [-0.39, 0.29) is 0 Å². The third kappa shape index (κ3) is 3.46. The zero-order valence-electron chi connectivity index (χ0n) is 10.9. The van der Waals surface area contributed by atoms with Gasteiger partial charge in [-0.15, -0.1) is 0 Å². The van der Waals surface area contributed by atoms with Gasteiger partial charge in [0.15, 0.2) is 0 Å². The Morgan fingerprint density at radius 3 is 2.44 bits per heavy atom. The molecule has 2 fully saturated rings. The summed E-state index contributed by atoms with van der Waals surface area (Å²) >= 11 is 0. The Hall–Kier alpha value is -0.0800. The first-order chi connectivity index (χ1) is 7.75. The fourth-order valence-electron chi connectivity index (χ4n) is 3.07. The summed E-state index contributed by atoms with van der Waals surface area (Å²) in [4.78, 5) is 0. The van der Waals surface area contributed by atoms with Crippen molar-refractivity contribution in [3.05, 3.63) is 0 Å². The molecule has 1 saturated carbocycles. The van der Waals surface area contributed by atoms with Crippen molar-refractivity contribution in [2.75, 3.05) is 19.8 Å². The van der Waals surface area contributed by atoms with E-state index < -0.39 is 0 Å². The van der Waals surface area contributed by atoms with Crippen LogP contribution in [0.4, 0.5) is 0 Å². The second kappa shape index (κ2) is 6.02. The average molecular weight is 225 g/mol. The molecule has 0 bridgehead atoms. The van der Waals surface area contributed by atoms with Gasteiger partial charge in [-0.3, -0.25) is 0 Å². The summed E-state index contributed by atoms with van der Waals surface area (Å²) in [5.41, 5.74) is 0. The Bertz CT molecular complexity index is 191. The maximum atomic E-state index is 5.41. The summed E-state index contributed by atoms with van der Waals surface area (Å²) in [6.07, 6.45) is 6.88. The van der Waals surface area contributed by atoms with Crippen LogP contribution in [0.3, 0.4) is 0 Å². The van der Waals surface area contributed by atoms with Crippen LogP contribution in [0.25, 0.3) is 0 Å². The van der Waals surface area contributed by atoms with E-state index in [1.807, 2.05) is 0 Å². The Morgan fingerprint density at radius 2 is 1.88 bits per heavy atom. The molecule has 0 aromatic carbocycles.